The van der Waals surface area contributed by atoms with Crippen molar-refractivity contribution in [3.05, 3.63) is 35.0 Å². The normalized spacial score (nSPS) is 10.8. The van der Waals surface area contributed by atoms with Crippen LogP contribution in [-0.2, 0) is 13.2 Å². The van der Waals surface area contributed by atoms with Gasteiger partial charge in [-0.3, -0.25) is 0 Å². The van der Waals surface area contributed by atoms with Crippen LogP contribution in [0.1, 0.15) is 25.5 Å². The van der Waals surface area contributed by atoms with Gasteiger partial charge in [0.05, 0.1) is 12.3 Å². The zero-order chi connectivity index (χ0) is 13.0. The summed E-state index contributed by atoms with van der Waals surface area (Å²) in [5, 5.41) is 18.1. The van der Waals surface area contributed by atoms with E-state index in [2.05, 4.69) is 17.2 Å². The van der Waals surface area contributed by atoms with E-state index in [9.17, 15) is 5.11 Å². The van der Waals surface area contributed by atoms with E-state index in [-0.39, 0.29) is 6.61 Å². The van der Waals surface area contributed by atoms with Crippen molar-refractivity contribution in [1.29, 1.82) is 0 Å². The van der Waals surface area contributed by atoms with Crippen LogP contribution in [0.15, 0.2) is 24.3 Å². The van der Waals surface area contributed by atoms with Crippen molar-refractivity contribution in [1.82, 2.24) is 15.0 Å². The van der Waals surface area contributed by atoms with E-state index in [0.29, 0.717) is 10.7 Å². The molecule has 0 saturated carbocycles. The van der Waals surface area contributed by atoms with Crippen molar-refractivity contribution in [3.8, 4) is 11.3 Å². The molecule has 1 N–H and O–H groups in total. The maximum atomic E-state index is 9.34. The second-order valence-corrected chi connectivity index (χ2v) is 4.57. The largest absolute Gasteiger partial charge is 0.390 e. The molecule has 0 aliphatic carbocycles. The van der Waals surface area contributed by atoms with Crippen molar-refractivity contribution < 1.29 is 5.11 Å². The maximum absolute atomic E-state index is 9.34. The highest BCUT2D eigenvalue weighted by Gasteiger charge is 2.14. The Labute approximate surface area is 111 Å². The Morgan fingerprint density at radius 1 is 1.39 bits per heavy atom. The van der Waals surface area contributed by atoms with Gasteiger partial charge >= 0.3 is 0 Å². The van der Waals surface area contributed by atoms with E-state index in [0.717, 1.165) is 30.6 Å². The number of hydrogen-bond donors (Lipinski definition) is 1. The fraction of sp³-hybridized carbons (Fsp3) is 0.385. The van der Waals surface area contributed by atoms with Crippen LogP contribution in [0, 0.1) is 0 Å². The van der Waals surface area contributed by atoms with Gasteiger partial charge < -0.3 is 5.11 Å². The molecule has 5 heteroatoms. The molecule has 4 nitrogen and oxygen atoms in total. The third kappa shape index (κ3) is 2.71. The predicted octanol–water partition coefficient (Wildman–Crippen LogP) is 2.89. The molecule has 0 bridgehead atoms. The molecule has 2 rings (SSSR count). The van der Waals surface area contributed by atoms with Crippen molar-refractivity contribution in [2.75, 3.05) is 0 Å². The molecule has 0 aliphatic rings. The van der Waals surface area contributed by atoms with Gasteiger partial charge in [0.25, 0.3) is 0 Å². The van der Waals surface area contributed by atoms with Crippen LogP contribution < -0.4 is 0 Å². The first kappa shape index (κ1) is 13.1. The number of hydrogen-bond acceptors (Lipinski definition) is 3. The van der Waals surface area contributed by atoms with Crippen LogP contribution in [-0.4, -0.2) is 20.1 Å². The number of rotatable bonds is 5. The molecular formula is C13H16ClN3O. The zero-order valence-corrected chi connectivity index (χ0v) is 11.1. The molecule has 0 fully saturated rings. The van der Waals surface area contributed by atoms with Crippen LogP contribution in [0.25, 0.3) is 11.3 Å². The lowest BCUT2D eigenvalue weighted by molar-refractivity contribution is 0.277. The molecule has 0 unspecified atom stereocenters. The van der Waals surface area contributed by atoms with Crippen LogP contribution >= 0.6 is 11.6 Å². The average Bonchev–Trinajstić information content (AvgIpc) is 2.79. The van der Waals surface area contributed by atoms with Crippen molar-refractivity contribution in [3.63, 3.8) is 0 Å². The molecule has 0 radical (unpaired) electrons. The summed E-state index contributed by atoms with van der Waals surface area (Å²) in [6, 6.07) is 7.52. The Balaban J connectivity index is 2.43. The summed E-state index contributed by atoms with van der Waals surface area (Å²) in [6.07, 6.45) is 2.12. The minimum absolute atomic E-state index is 0.117. The van der Waals surface area contributed by atoms with E-state index >= 15 is 0 Å². The van der Waals surface area contributed by atoms with E-state index in [4.69, 9.17) is 11.6 Å². The third-order valence-corrected chi connectivity index (χ3v) is 3.01. The summed E-state index contributed by atoms with van der Waals surface area (Å²) in [4.78, 5) is 0. The van der Waals surface area contributed by atoms with Gasteiger partial charge in [0.15, 0.2) is 0 Å². The molecule has 0 spiro atoms. The molecule has 0 saturated heterocycles. The minimum Gasteiger partial charge on any atom is -0.390 e. The van der Waals surface area contributed by atoms with Crippen LogP contribution in [0.3, 0.4) is 0 Å². The first-order chi connectivity index (χ1) is 8.76. The van der Waals surface area contributed by atoms with Gasteiger partial charge in [-0.1, -0.05) is 42.3 Å². The van der Waals surface area contributed by atoms with E-state index in [1.165, 1.54) is 0 Å². The second-order valence-electron chi connectivity index (χ2n) is 4.13. The number of aromatic nitrogens is 3. The fourth-order valence-electron chi connectivity index (χ4n) is 1.87. The van der Waals surface area contributed by atoms with E-state index in [1.807, 2.05) is 28.9 Å². The van der Waals surface area contributed by atoms with Gasteiger partial charge in [0.2, 0.25) is 0 Å². The highest BCUT2D eigenvalue weighted by atomic mass is 35.5. The molecule has 1 aromatic heterocycles. The highest BCUT2D eigenvalue weighted by Crippen LogP contribution is 2.25. The lowest BCUT2D eigenvalue weighted by Crippen LogP contribution is -2.03. The minimum atomic E-state index is -0.117. The van der Waals surface area contributed by atoms with Gasteiger partial charge in [-0.05, 0) is 18.6 Å². The molecule has 1 heterocycles. The van der Waals surface area contributed by atoms with Gasteiger partial charge in [0, 0.05) is 17.1 Å². The molecule has 0 aliphatic heterocycles. The van der Waals surface area contributed by atoms with Gasteiger partial charge in [0.1, 0.15) is 5.69 Å². The van der Waals surface area contributed by atoms with Crippen LogP contribution in [0.5, 0.6) is 0 Å². The highest BCUT2D eigenvalue weighted by molar-refractivity contribution is 6.30. The SMILES string of the molecule is CCCCn1nnc(CO)c1-c1cccc(Cl)c1. The summed E-state index contributed by atoms with van der Waals surface area (Å²) in [5.74, 6) is 0. The molecule has 0 atom stereocenters. The lowest BCUT2D eigenvalue weighted by Gasteiger charge is -2.07. The Morgan fingerprint density at radius 3 is 2.89 bits per heavy atom. The summed E-state index contributed by atoms with van der Waals surface area (Å²) in [7, 11) is 0. The summed E-state index contributed by atoms with van der Waals surface area (Å²) in [5.41, 5.74) is 2.38. The number of unbranched alkanes of at least 4 members (excludes halogenated alkanes) is 1. The van der Waals surface area contributed by atoms with Crippen molar-refractivity contribution in [2.45, 2.75) is 32.9 Å². The lowest BCUT2D eigenvalue weighted by atomic mass is 10.1. The quantitative estimate of drug-likeness (QED) is 0.904. The first-order valence-electron chi connectivity index (χ1n) is 6.05. The predicted molar refractivity (Wildman–Crippen MR) is 71.3 cm³/mol. The molecular weight excluding hydrogens is 250 g/mol. The monoisotopic (exact) mass is 265 g/mol. The van der Waals surface area contributed by atoms with Gasteiger partial charge in [-0.25, -0.2) is 4.68 Å². The van der Waals surface area contributed by atoms with Crippen molar-refractivity contribution >= 4 is 11.6 Å². The number of aryl methyl sites for hydroxylation is 1. The fourth-order valence-corrected chi connectivity index (χ4v) is 2.06. The van der Waals surface area contributed by atoms with Gasteiger partial charge in [-0.2, -0.15) is 0 Å². The molecule has 0 amide bonds. The Bertz CT molecular complexity index is 525. The Hall–Kier alpha value is -1.39. The van der Waals surface area contributed by atoms with Crippen LogP contribution in [0.2, 0.25) is 5.02 Å². The van der Waals surface area contributed by atoms with Gasteiger partial charge in [-0.15, -0.1) is 5.10 Å². The summed E-state index contributed by atoms with van der Waals surface area (Å²) < 4.78 is 1.83. The van der Waals surface area contributed by atoms with Crippen LogP contribution in [0.4, 0.5) is 0 Å². The molecule has 2 aromatic rings. The zero-order valence-electron chi connectivity index (χ0n) is 10.3. The number of benzene rings is 1. The number of aliphatic hydroxyl groups excluding tert-OH is 1. The Morgan fingerprint density at radius 2 is 2.22 bits per heavy atom. The topological polar surface area (TPSA) is 50.9 Å². The molecule has 18 heavy (non-hydrogen) atoms. The molecule has 96 valence electrons. The standard InChI is InChI=1S/C13H16ClN3O/c1-2-3-7-17-13(12(9-18)15-16-17)10-5-4-6-11(14)8-10/h4-6,8,18H,2-3,7,9H2,1H3. The number of halogens is 1. The van der Waals surface area contributed by atoms with E-state index < -0.39 is 0 Å². The smallest absolute Gasteiger partial charge is 0.116 e. The Kier molecular flexibility index (Phi) is 4.33. The van der Waals surface area contributed by atoms with E-state index in [1.54, 1.807) is 0 Å². The number of aliphatic hydroxyl groups is 1. The number of nitrogens with zero attached hydrogens (tertiary/aromatic N) is 3. The maximum Gasteiger partial charge on any atom is 0.116 e. The first-order valence-corrected chi connectivity index (χ1v) is 6.43. The second kappa shape index (κ2) is 5.98. The molecule has 1 aromatic carbocycles. The third-order valence-electron chi connectivity index (χ3n) is 2.78. The average molecular weight is 266 g/mol. The summed E-state index contributed by atoms with van der Waals surface area (Å²) >= 11 is 6.00. The summed E-state index contributed by atoms with van der Waals surface area (Å²) in [6.45, 7) is 2.81. The van der Waals surface area contributed by atoms with Crippen molar-refractivity contribution in [2.24, 2.45) is 0 Å².